The maximum absolute atomic E-state index is 13.1. The second kappa shape index (κ2) is 9.20. The van der Waals surface area contributed by atoms with Gasteiger partial charge in [0.1, 0.15) is 5.57 Å². The maximum Gasteiger partial charge on any atom is 0.265 e. The van der Waals surface area contributed by atoms with Gasteiger partial charge < -0.3 is 4.98 Å². The first-order chi connectivity index (χ1) is 16.6. The van der Waals surface area contributed by atoms with Crippen LogP contribution in [0.25, 0.3) is 28.7 Å². The number of thiocarbonyl (C=S) groups is 1. The van der Waals surface area contributed by atoms with E-state index in [1.54, 1.807) is 6.08 Å². The minimum absolute atomic E-state index is 0.0308. The Bertz CT molecular complexity index is 1380. The fourth-order valence-corrected chi connectivity index (χ4v) is 3.96. The van der Waals surface area contributed by atoms with Gasteiger partial charge in [0, 0.05) is 23.5 Å². The third-order valence-corrected chi connectivity index (χ3v) is 5.80. The van der Waals surface area contributed by atoms with Crippen molar-refractivity contribution < 1.29 is 9.59 Å². The van der Waals surface area contributed by atoms with Gasteiger partial charge in [-0.3, -0.25) is 19.8 Å². The summed E-state index contributed by atoms with van der Waals surface area (Å²) in [6.45, 7) is 0.377. The number of H-pyrrole nitrogens is 2. The Hall–Kier alpha value is -4.44. The minimum atomic E-state index is -0.507. The van der Waals surface area contributed by atoms with Crippen LogP contribution in [0.1, 0.15) is 11.3 Å². The molecule has 0 atom stereocenters. The molecule has 3 N–H and O–H groups in total. The van der Waals surface area contributed by atoms with E-state index < -0.39 is 11.8 Å². The molecule has 0 radical (unpaired) electrons. The Labute approximate surface area is 199 Å². The molecule has 2 aromatic carbocycles. The SMILES string of the molecule is O=C1NC(=S)N(CCc2ccccc2)C(=O)/C1=C\c1ccc(-c2ccc(-c3nnn[nH]3)cc2)[nH]1. The summed E-state index contributed by atoms with van der Waals surface area (Å²) in [5.74, 6) is -0.335. The summed E-state index contributed by atoms with van der Waals surface area (Å²) in [7, 11) is 0. The van der Waals surface area contributed by atoms with Crippen molar-refractivity contribution in [2.24, 2.45) is 0 Å². The van der Waals surface area contributed by atoms with Crippen molar-refractivity contribution in [1.29, 1.82) is 0 Å². The molecule has 0 bridgehead atoms. The van der Waals surface area contributed by atoms with Crippen molar-refractivity contribution in [3.8, 4) is 22.6 Å². The van der Waals surface area contributed by atoms with Crippen LogP contribution in [-0.2, 0) is 16.0 Å². The number of nitrogens with zero attached hydrogens (tertiary/aromatic N) is 4. The van der Waals surface area contributed by atoms with Gasteiger partial charge >= 0.3 is 0 Å². The standard InChI is InChI=1S/C24H19N7O2S/c32-22-19(23(33)31(24(34)26-22)13-12-15-4-2-1-3-5-15)14-18-10-11-20(25-18)16-6-8-17(9-7-16)21-27-29-30-28-21/h1-11,14,25H,12-13H2,(H,26,32,34)(H,27,28,29,30)/b19-14-. The predicted molar refractivity (Wildman–Crippen MR) is 130 cm³/mol. The monoisotopic (exact) mass is 469 g/mol. The molecule has 9 nitrogen and oxygen atoms in total. The van der Waals surface area contributed by atoms with Gasteiger partial charge in [0.25, 0.3) is 11.8 Å². The summed E-state index contributed by atoms with van der Waals surface area (Å²) in [5.41, 5.74) is 4.38. The van der Waals surface area contributed by atoms with E-state index >= 15 is 0 Å². The maximum atomic E-state index is 13.1. The lowest BCUT2D eigenvalue weighted by atomic mass is 10.1. The van der Waals surface area contributed by atoms with Gasteiger partial charge in [0.2, 0.25) is 0 Å². The average molecular weight is 470 g/mol. The van der Waals surface area contributed by atoms with Gasteiger partial charge in [0.05, 0.1) is 0 Å². The first kappa shape index (κ1) is 21.4. The number of aromatic nitrogens is 5. The fraction of sp³-hybridized carbons (Fsp3) is 0.0833. The van der Waals surface area contributed by atoms with E-state index in [-0.39, 0.29) is 10.7 Å². The Kier molecular flexibility index (Phi) is 5.79. The van der Waals surface area contributed by atoms with Gasteiger partial charge in [-0.05, 0) is 58.4 Å². The summed E-state index contributed by atoms with van der Waals surface area (Å²) in [4.78, 5) is 30.3. The van der Waals surface area contributed by atoms with Gasteiger partial charge in [-0.1, -0.05) is 54.6 Å². The van der Waals surface area contributed by atoms with E-state index in [1.807, 2.05) is 66.7 Å². The highest BCUT2D eigenvalue weighted by molar-refractivity contribution is 7.80. The molecule has 168 valence electrons. The van der Waals surface area contributed by atoms with Crippen molar-refractivity contribution in [3.05, 3.63) is 83.6 Å². The quantitative estimate of drug-likeness (QED) is 0.227. The molecule has 34 heavy (non-hydrogen) atoms. The third-order valence-electron chi connectivity index (χ3n) is 5.48. The molecule has 0 aliphatic carbocycles. The Balaban J connectivity index is 1.33. The molecule has 1 aliphatic heterocycles. The van der Waals surface area contributed by atoms with E-state index in [4.69, 9.17) is 12.2 Å². The fourth-order valence-electron chi connectivity index (χ4n) is 3.69. The van der Waals surface area contributed by atoms with Crippen molar-refractivity contribution in [1.82, 2.24) is 35.8 Å². The topological polar surface area (TPSA) is 120 Å². The van der Waals surface area contributed by atoms with Crippen LogP contribution in [0.5, 0.6) is 0 Å². The number of hydrogen-bond acceptors (Lipinski definition) is 6. The summed E-state index contributed by atoms with van der Waals surface area (Å²) in [5, 5.41) is 16.5. The second-order valence-electron chi connectivity index (χ2n) is 7.66. The van der Waals surface area contributed by atoms with Crippen molar-refractivity contribution in [3.63, 3.8) is 0 Å². The molecule has 3 heterocycles. The normalized spacial score (nSPS) is 15.1. The van der Waals surface area contributed by atoms with Gasteiger partial charge in [-0.25, -0.2) is 5.10 Å². The summed E-state index contributed by atoms with van der Waals surface area (Å²) >= 11 is 5.25. The third kappa shape index (κ3) is 4.39. The lowest BCUT2D eigenvalue weighted by molar-refractivity contribution is -0.128. The van der Waals surface area contributed by atoms with Crippen molar-refractivity contribution in [2.45, 2.75) is 6.42 Å². The zero-order valence-electron chi connectivity index (χ0n) is 17.9. The number of carbonyl (C=O) groups is 2. The van der Waals surface area contributed by atoms with Gasteiger partial charge in [-0.2, -0.15) is 0 Å². The molecule has 1 saturated heterocycles. The van der Waals surface area contributed by atoms with Crippen LogP contribution in [-0.4, -0.2) is 54.0 Å². The highest BCUT2D eigenvalue weighted by Gasteiger charge is 2.33. The number of carbonyl (C=O) groups excluding carboxylic acids is 2. The van der Waals surface area contributed by atoms with Gasteiger partial charge in [-0.15, -0.1) is 5.10 Å². The number of nitrogens with one attached hydrogen (secondary N) is 3. The number of hydrogen-bond donors (Lipinski definition) is 3. The molecule has 2 aromatic heterocycles. The molecule has 0 spiro atoms. The minimum Gasteiger partial charge on any atom is -0.355 e. The van der Waals surface area contributed by atoms with Crippen LogP contribution < -0.4 is 5.32 Å². The highest BCUT2D eigenvalue weighted by atomic mass is 32.1. The molecular weight excluding hydrogens is 450 g/mol. The van der Waals surface area contributed by atoms with Crippen LogP contribution in [0.15, 0.2) is 72.3 Å². The molecule has 10 heteroatoms. The van der Waals surface area contributed by atoms with E-state index in [9.17, 15) is 9.59 Å². The number of amides is 2. The molecule has 1 aliphatic rings. The zero-order chi connectivity index (χ0) is 23.5. The van der Waals surface area contributed by atoms with Crippen LogP contribution in [0, 0.1) is 0 Å². The van der Waals surface area contributed by atoms with Crippen LogP contribution in [0.3, 0.4) is 0 Å². The molecule has 4 aromatic rings. The van der Waals surface area contributed by atoms with Crippen LogP contribution in [0.4, 0.5) is 0 Å². The van der Waals surface area contributed by atoms with Crippen LogP contribution in [0.2, 0.25) is 0 Å². The van der Waals surface area contributed by atoms with Crippen molar-refractivity contribution in [2.75, 3.05) is 6.54 Å². The predicted octanol–water partition coefficient (Wildman–Crippen LogP) is 2.73. The molecule has 5 rings (SSSR count). The van der Waals surface area contributed by atoms with Crippen LogP contribution >= 0.6 is 12.2 Å². The van der Waals surface area contributed by atoms with E-state index in [1.165, 1.54) is 4.90 Å². The highest BCUT2D eigenvalue weighted by Crippen LogP contribution is 2.23. The number of tetrazole rings is 1. The zero-order valence-corrected chi connectivity index (χ0v) is 18.7. The molecule has 0 saturated carbocycles. The summed E-state index contributed by atoms with van der Waals surface area (Å²) in [6.07, 6.45) is 2.18. The van der Waals surface area contributed by atoms with Gasteiger partial charge in [0.15, 0.2) is 10.9 Å². The number of rotatable bonds is 6. The van der Waals surface area contributed by atoms with E-state index in [0.29, 0.717) is 24.5 Å². The summed E-state index contributed by atoms with van der Waals surface area (Å²) < 4.78 is 0. The first-order valence-corrected chi connectivity index (χ1v) is 11.0. The van der Waals surface area contributed by atoms with E-state index in [0.717, 1.165) is 22.4 Å². The Morgan fingerprint density at radius 2 is 1.71 bits per heavy atom. The van der Waals surface area contributed by atoms with E-state index in [2.05, 4.69) is 30.9 Å². The second-order valence-corrected chi connectivity index (χ2v) is 8.05. The number of aromatic amines is 2. The Morgan fingerprint density at radius 1 is 0.941 bits per heavy atom. The lowest BCUT2D eigenvalue weighted by Crippen LogP contribution is -2.54. The first-order valence-electron chi connectivity index (χ1n) is 10.5. The average Bonchev–Trinajstić information content (AvgIpc) is 3.55. The Morgan fingerprint density at radius 3 is 2.44 bits per heavy atom. The molecule has 2 amide bonds. The molecule has 0 unspecified atom stereocenters. The van der Waals surface area contributed by atoms with Crippen molar-refractivity contribution >= 4 is 35.2 Å². The molecular formula is C24H19N7O2S. The largest absolute Gasteiger partial charge is 0.355 e. The summed E-state index contributed by atoms with van der Waals surface area (Å²) in [6, 6.07) is 21.2. The number of benzene rings is 2. The smallest absolute Gasteiger partial charge is 0.265 e. The lowest BCUT2D eigenvalue weighted by Gasteiger charge is -2.28. The molecule has 1 fully saturated rings.